The van der Waals surface area contributed by atoms with Crippen molar-refractivity contribution in [3.8, 4) is 0 Å². The largest absolute Gasteiger partial charge is 0.326 e. The van der Waals surface area contributed by atoms with Crippen LogP contribution in [0.2, 0.25) is 10.0 Å². The highest BCUT2D eigenvalue weighted by Gasteiger charge is 2.32. The third kappa shape index (κ3) is 5.00. The highest BCUT2D eigenvalue weighted by molar-refractivity contribution is 8.15. The van der Waals surface area contributed by atoms with Gasteiger partial charge in [-0.25, -0.2) is 4.99 Å². The van der Waals surface area contributed by atoms with Crippen molar-refractivity contribution in [3.63, 3.8) is 0 Å². The molecule has 0 unspecified atom stereocenters. The van der Waals surface area contributed by atoms with Gasteiger partial charge in [0.2, 0.25) is 11.8 Å². The molecule has 3 rings (SSSR count). The highest BCUT2D eigenvalue weighted by Crippen LogP contribution is 2.27. The van der Waals surface area contributed by atoms with Crippen LogP contribution < -0.4 is 10.6 Å². The molecule has 1 aliphatic heterocycles. The number of aliphatic imine (C=N–C) groups is 1. The molecular formula is C18H15Cl2N3O2S. The molecule has 2 N–H and O–H groups in total. The molecule has 1 heterocycles. The first-order valence-corrected chi connectivity index (χ1v) is 9.41. The third-order valence-electron chi connectivity index (χ3n) is 3.53. The van der Waals surface area contributed by atoms with Crippen LogP contribution in [0.4, 0.5) is 11.4 Å². The number of rotatable bonds is 4. The Balaban J connectivity index is 1.63. The molecule has 0 radical (unpaired) electrons. The van der Waals surface area contributed by atoms with E-state index in [1.54, 1.807) is 18.2 Å². The zero-order chi connectivity index (χ0) is 18.7. The average Bonchev–Trinajstić information content (AvgIpc) is 2.85. The summed E-state index contributed by atoms with van der Waals surface area (Å²) in [6, 6.07) is 12.4. The Morgan fingerprint density at radius 2 is 1.96 bits per heavy atom. The predicted octanol–water partition coefficient (Wildman–Crippen LogP) is 4.55. The van der Waals surface area contributed by atoms with Gasteiger partial charge >= 0.3 is 0 Å². The van der Waals surface area contributed by atoms with Gasteiger partial charge in [0.15, 0.2) is 5.17 Å². The molecule has 2 aromatic carbocycles. The van der Waals surface area contributed by atoms with Crippen LogP contribution in [0, 0.1) is 6.92 Å². The second-order valence-electron chi connectivity index (χ2n) is 5.76. The number of amides is 2. The van der Waals surface area contributed by atoms with Gasteiger partial charge in [-0.2, -0.15) is 0 Å². The van der Waals surface area contributed by atoms with Gasteiger partial charge in [-0.3, -0.25) is 9.59 Å². The van der Waals surface area contributed by atoms with E-state index in [4.69, 9.17) is 23.2 Å². The van der Waals surface area contributed by atoms with Gasteiger partial charge in [0.1, 0.15) is 5.25 Å². The van der Waals surface area contributed by atoms with Gasteiger partial charge in [-0.1, -0.05) is 47.1 Å². The maximum absolute atomic E-state index is 12.2. The van der Waals surface area contributed by atoms with Crippen LogP contribution in [0.25, 0.3) is 0 Å². The molecular weight excluding hydrogens is 393 g/mol. The standard InChI is InChI=1S/C18H15Cl2N3O2S/c1-10-3-2-4-13(5-10)22-18-23-17(25)15(26-18)9-16(24)21-14-7-11(19)6-12(20)8-14/h2-8,15H,9H2,1H3,(H,21,24)(H,22,23,25)/t15-/m0/s1. The fourth-order valence-corrected chi connectivity index (χ4v) is 3.93. The molecule has 2 amide bonds. The highest BCUT2D eigenvalue weighted by atomic mass is 35.5. The smallest absolute Gasteiger partial charge is 0.240 e. The lowest BCUT2D eigenvalue weighted by Crippen LogP contribution is -2.28. The summed E-state index contributed by atoms with van der Waals surface area (Å²) in [6.07, 6.45) is 0.0213. The third-order valence-corrected chi connectivity index (χ3v) is 5.04. The lowest BCUT2D eigenvalue weighted by Gasteiger charge is -2.08. The molecule has 1 atom stereocenters. The van der Waals surface area contributed by atoms with Crippen LogP contribution in [-0.4, -0.2) is 22.2 Å². The number of aryl methyl sites for hydroxylation is 1. The van der Waals surface area contributed by atoms with Crippen molar-refractivity contribution < 1.29 is 9.59 Å². The summed E-state index contributed by atoms with van der Waals surface area (Å²) in [6.45, 7) is 1.97. The quantitative estimate of drug-likeness (QED) is 0.780. The Labute approximate surface area is 165 Å². The SMILES string of the molecule is Cc1cccc(N=C2NC(=O)[C@H](CC(=O)Nc3cc(Cl)cc(Cl)c3)S2)c1. The number of carbonyl (C=O) groups excluding carboxylic acids is 2. The second-order valence-corrected chi connectivity index (χ2v) is 7.83. The van der Waals surface area contributed by atoms with Crippen molar-refractivity contribution in [2.45, 2.75) is 18.6 Å². The second kappa shape index (κ2) is 8.12. The maximum Gasteiger partial charge on any atom is 0.240 e. The van der Waals surface area contributed by atoms with E-state index >= 15 is 0 Å². The molecule has 134 valence electrons. The number of halogens is 2. The maximum atomic E-state index is 12.2. The summed E-state index contributed by atoms with van der Waals surface area (Å²) in [5.74, 6) is -0.534. The fourth-order valence-electron chi connectivity index (χ4n) is 2.41. The zero-order valence-corrected chi connectivity index (χ0v) is 16.1. The number of amidine groups is 1. The minimum atomic E-state index is -0.534. The Hall–Kier alpha value is -2.02. The molecule has 2 aromatic rings. The molecule has 26 heavy (non-hydrogen) atoms. The monoisotopic (exact) mass is 407 g/mol. The molecule has 0 spiro atoms. The topological polar surface area (TPSA) is 70.6 Å². The van der Waals surface area contributed by atoms with E-state index in [0.717, 1.165) is 11.3 Å². The van der Waals surface area contributed by atoms with E-state index in [1.807, 2.05) is 31.2 Å². The zero-order valence-electron chi connectivity index (χ0n) is 13.8. The van der Waals surface area contributed by atoms with Crippen molar-refractivity contribution in [2.24, 2.45) is 4.99 Å². The van der Waals surface area contributed by atoms with E-state index in [0.29, 0.717) is 20.9 Å². The van der Waals surface area contributed by atoms with Crippen LogP contribution in [-0.2, 0) is 9.59 Å². The molecule has 1 saturated heterocycles. The molecule has 0 aliphatic carbocycles. The first-order valence-electron chi connectivity index (χ1n) is 7.78. The molecule has 0 saturated carbocycles. The van der Waals surface area contributed by atoms with E-state index in [-0.39, 0.29) is 18.2 Å². The summed E-state index contributed by atoms with van der Waals surface area (Å²) in [5.41, 5.74) is 2.33. The van der Waals surface area contributed by atoms with Crippen molar-refractivity contribution in [3.05, 3.63) is 58.1 Å². The average molecular weight is 408 g/mol. The van der Waals surface area contributed by atoms with E-state index in [9.17, 15) is 9.59 Å². The van der Waals surface area contributed by atoms with Crippen LogP contribution in [0.15, 0.2) is 47.5 Å². The molecule has 0 aromatic heterocycles. The van der Waals surface area contributed by atoms with Crippen molar-refractivity contribution in [1.29, 1.82) is 0 Å². The Morgan fingerprint density at radius 3 is 2.65 bits per heavy atom. The van der Waals surface area contributed by atoms with Gasteiger partial charge in [0, 0.05) is 22.2 Å². The van der Waals surface area contributed by atoms with E-state index in [2.05, 4.69) is 15.6 Å². The Bertz CT molecular complexity index is 882. The number of nitrogens with one attached hydrogen (secondary N) is 2. The van der Waals surface area contributed by atoms with E-state index < -0.39 is 5.25 Å². The van der Waals surface area contributed by atoms with Crippen molar-refractivity contribution in [2.75, 3.05) is 5.32 Å². The normalized spacial score (nSPS) is 18.0. The number of thioether (sulfide) groups is 1. The van der Waals surface area contributed by atoms with Crippen LogP contribution in [0.5, 0.6) is 0 Å². The number of carbonyl (C=O) groups is 2. The first kappa shape index (κ1) is 18.8. The van der Waals surface area contributed by atoms with Crippen molar-refractivity contribution >= 4 is 63.3 Å². The van der Waals surface area contributed by atoms with Gasteiger partial charge in [0.25, 0.3) is 0 Å². The number of nitrogens with zero attached hydrogens (tertiary/aromatic N) is 1. The molecule has 5 nitrogen and oxygen atoms in total. The number of anilines is 1. The van der Waals surface area contributed by atoms with Crippen LogP contribution in [0.1, 0.15) is 12.0 Å². The van der Waals surface area contributed by atoms with Crippen LogP contribution >= 0.6 is 35.0 Å². The molecule has 0 bridgehead atoms. The van der Waals surface area contributed by atoms with Crippen LogP contribution in [0.3, 0.4) is 0 Å². The summed E-state index contributed by atoms with van der Waals surface area (Å²) >= 11 is 13.1. The Kier molecular flexibility index (Phi) is 5.86. The van der Waals surface area contributed by atoms with Gasteiger partial charge in [0.05, 0.1) is 5.69 Å². The van der Waals surface area contributed by atoms with Gasteiger partial charge in [-0.05, 0) is 42.8 Å². The van der Waals surface area contributed by atoms with Gasteiger partial charge in [-0.15, -0.1) is 0 Å². The van der Waals surface area contributed by atoms with Gasteiger partial charge < -0.3 is 10.6 Å². The lowest BCUT2D eigenvalue weighted by molar-refractivity contribution is -0.122. The fraction of sp³-hybridized carbons (Fsp3) is 0.167. The molecule has 1 fully saturated rings. The lowest BCUT2D eigenvalue weighted by atomic mass is 10.2. The summed E-state index contributed by atoms with van der Waals surface area (Å²) in [4.78, 5) is 28.7. The Morgan fingerprint density at radius 1 is 1.23 bits per heavy atom. The predicted molar refractivity (Wildman–Crippen MR) is 108 cm³/mol. The van der Waals surface area contributed by atoms with Crippen molar-refractivity contribution in [1.82, 2.24) is 5.32 Å². The summed E-state index contributed by atoms with van der Waals surface area (Å²) < 4.78 is 0. The van der Waals surface area contributed by atoms with E-state index in [1.165, 1.54) is 11.8 Å². The number of hydrogen-bond donors (Lipinski definition) is 2. The first-order chi connectivity index (χ1) is 12.4. The summed E-state index contributed by atoms with van der Waals surface area (Å²) in [7, 11) is 0. The minimum absolute atomic E-state index is 0.0213. The number of hydrogen-bond acceptors (Lipinski definition) is 4. The number of benzene rings is 2. The summed E-state index contributed by atoms with van der Waals surface area (Å²) in [5, 5.41) is 6.22. The minimum Gasteiger partial charge on any atom is -0.326 e. The molecule has 8 heteroatoms. The molecule has 1 aliphatic rings.